The minimum atomic E-state index is -2.59. The molecule has 1 unspecified atom stereocenters. The van der Waals surface area contributed by atoms with Crippen LogP contribution in [0.5, 0.6) is 0 Å². The second-order valence-electron chi connectivity index (χ2n) is 5.35. The Morgan fingerprint density at radius 3 is 2.06 bits per heavy atom. The van der Waals surface area contributed by atoms with Crippen LogP contribution in [0.1, 0.15) is 52.9 Å². The van der Waals surface area contributed by atoms with Gasteiger partial charge in [0.05, 0.1) is 0 Å². The number of hydrogen-bond donors (Lipinski definition) is 1. The first kappa shape index (κ1) is 16.1. The van der Waals surface area contributed by atoms with Crippen LogP contribution in [0, 0.1) is 5.92 Å². The molecule has 0 aliphatic heterocycles. The Labute approximate surface area is 113 Å². The molecule has 0 saturated heterocycles. The van der Waals surface area contributed by atoms with Crippen LogP contribution in [-0.2, 0) is 13.3 Å². The topological polar surface area (TPSA) is 53.7 Å². The SMILES string of the molecule is CCO[Si](C)(OCC)OC(C)(N)C1CCCCC1. The fourth-order valence-corrected chi connectivity index (χ4v) is 5.00. The van der Waals surface area contributed by atoms with Gasteiger partial charge in [0, 0.05) is 25.7 Å². The fraction of sp³-hybridized carbons (Fsp3) is 1.00. The normalized spacial score (nSPS) is 21.8. The van der Waals surface area contributed by atoms with Gasteiger partial charge in [-0.05, 0) is 33.6 Å². The highest BCUT2D eigenvalue weighted by Crippen LogP contribution is 2.33. The minimum Gasteiger partial charge on any atom is -0.374 e. The van der Waals surface area contributed by atoms with E-state index in [0.717, 1.165) is 12.8 Å². The zero-order chi connectivity index (χ0) is 13.6. The number of rotatable bonds is 7. The molecule has 0 spiro atoms. The van der Waals surface area contributed by atoms with E-state index >= 15 is 0 Å². The van der Waals surface area contributed by atoms with Crippen molar-refractivity contribution >= 4 is 8.80 Å². The molecule has 1 aliphatic carbocycles. The largest absolute Gasteiger partial charge is 0.499 e. The molecule has 2 N–H and O–H groups in total. The summed E-state index contributed by atoms with van der Waals surface area (Å²) in [5.74, 6) is 0.416. The van der Waals surface area contributed by atoms with Crippen LogP contribution in [0.2, 0.25) is 6.55 Å². The summed E-state index contributed by atoms with van der Waals surface area (Å²) < 4.78 is 17.5. The Bertz CT molecular complexity index is 236. The summed E-state index contributed by atoms with van der Waals surface area (Å²) in [6, 6.07) is 0. The van der Waals surface area contributed by atoms with Gasteiger partial charge in [-0.1, -0.05) is 19.3 Å². The van der Waals surface area contributed by atoms with E-state index in [1.165, 1.54) is 19.3 Å². The molecule has 4 nitrogen and oxygen atoms in total. The quantitative estimate of drug-likeness (QED) is 0.573. The van der Waals surface area contributed by atoms with E-state index in [2.05, 4.69) is 0 Å². The molecule has 1 rings (SSSR count). The Morgan fingerprint density at radius 1 is 1.11 bits per heavy atom. The lowest BCUT2D eigenvalue weighted by molar-refractivity contribution is -0.0553. The van der Waals surface area contributed by atoms with Gasteiger partial charge in [-0.15, -0.1) is 0 Å². The van der Waals surface area contributed by atoms with Crippen molar-refractivity contribution in [3.8, 4) is 0 Å². The fourth-order valence-electron chi connectivity index (χ4n) is 2.78. The first-order chi connectivity index (χ1) is 8.43. The van der Waals surface area contributed by atoms with Crippen LogP contribution < -0.4 is 5.73 Å². The van der Waals surface area contributed by atoms with E-state index in [1.807, 2.05) is 27.3 Å². The van der Waals surface area contributed by atoms with E-state index in [4.69, 9.17) is 19.0 Å². The first-order valence-electron chi connectivity index (χ1n) is 7.20. The van der Waals surface area contributed by atoms with Gasteiger partial charge >= 0.3 is 8.80 Å². The van der Waals surface area contributed by atoms with Gasteiger partial charge in [0.1, 0.15) is 5.72 Å². The lowest BCUT2D eigenvalue weighted by Crippen LogP contribution is -2.57. The van der Waals surface area contributed by atoms with Crippen molar-refractivity contribution in [2.45, 2.75) is 65.1 Å². The van der Waals surface area contributed by atoms with Gasteiger partial charge in [-0.2, -0.15) is 0 Å². The molecule has 0 aromatic rings. The molecule has 108 valence electrons. The standard InChI is InChI=1S/C13H29NO3Si/c1-5-15-18(4,16-6-2)17-13(3,14)12-10-8-7-9-11-12/h12H,5-11,14H2,1-4H3. The Morgan fingerprint density at radius 2 is 1.61 bits per heavy atom. The molecule has 0 bridgehead atoms. The summed E-state index contributed by atoms with van der Waals surface area (Å²) in [4.78, 5) is 0. The first-order valence-corrected chi connectivity index (χ1v) is 9.43. The van der Waals surface area contributed by atoms with Gasteiger partial charge in [0.2, 0.25) is 0 Å². The maximum Gasteiger partial charge on any atom is 0.499 e. The van der Waals surface area contributed by atoms with Gasteiger partial charge in [0.15, 0.2) is 0 Å². The molecule has 1 aliphatic rings. The summed E-state index contributed by atoms with van der Waals surface area (Å²) in [6.07, 6.45) is 6.12. The van der Waals surface area contributed by atoms with Crippen molar-refractivity contribution in [2.75, 3.05) is 13.2 Å². The average Bonchev–Trinajstić information content (AvgIpc) is 2.29. The second-order valence-corrected chi connectivity index (χ2v) is 7.86. The third-order valence-electron chi connectivity index (χ3n) is 3.63. The predicted octanol–water partition coefficient (Wildman–Crippen LogP) is 2.90. The summed E-state index contributed by atoms with van der Waals surface area (Å²) in [5, 5.41) is 0. The molecule has 5 heteroatoms. The van der Waals surface area contributed by atoms with Crippen LogP contribution in [0.4, 0.5) is 0 Å². The van der Waals surface area contributed by atoms with E-state index < -0.39 is 14.5 Å². The maximum atomic E-state index is 6.39. The predicted molar refractivity (Wildman–Crippen MR) is 75.1 cm³/mol. The highest BCUT2D eigenvalue weighted by atomic mass is 28.4. The second kappa shape index (κ2) is 7.00. The van der Waals surface area contributed by atoms with Crippen LogP contribution in [0.3, 0.4) is 0 Å². The molecule has 0 aromatic carbocycles. The zero-order valence-corrected chi connectivity index (χ0v) is 13.3. The Hall–Kier alpha value is 0.0569. The maximum absolute atomic E-state index is 6.39. The van der Waals surface area contributed by atoms with Crippen LogP contribution in [0.25, 0.3) is 0 Å². The van der Waals surface area contributed by atoms with Gasteiger partial charge in [-0.25, -0.2) is 0 Å². The van der Waals surface area contributed by atoms with E-state index in [9.17, 15) is 0 Å². The molecule has 18 heavy (non-hydrogen) atoms. The molecule has 1 fully saturated rings. The number of nitrogens with two attached hydrogens (primary N) is 1. The van der Waals surface area contributed by atoms with Crippen molar-refractivity contribution in [3.63, 3.8) is 0 Å². The Balaban J connectivity index is 2.64. The van der Waals surface area contributed by atoms with Crippen molar-refractivity contribution in [2.24, 2.45) is 11.7 Å². The van der Waals surface area contributed by atoms with Gasteiger partial charge in [0.25, 0.3) is 0 Å². The molecule has 1 atom stereocenters. The summed E-state index contributed by atoms with van der Waals surface area (Å²) in [5.41, 5.74) is 5.76. The third kappa shape index (κ3) is 4.62. The lowest BCUT2D eigenvalue weighted by Gasteiger charge is -2.41. The molecule has 0 radical (unpaired) electrons. The lowest BCUT2D eigenvalue weighted by atomic mass is 9.83. The summed E-state index contributed by atoms with van der Waals surface area (Å²) in [6.45, 7) is 9.04. The zero-order valence-electron chi connectivity index (χ0n) is 12.3. The average molecular weight is 275 g/mol. The van der Waals surface area contributed by atoms with E-state index in [1.54, 1.807) is 0 Å². The van der Waals surface area contributed by atoms with Crippen molar-refractivity contribution < 1.29 is 13.3 Å². The van der Waals surface area contributed by atoms with Crippen LogP contribution in [0.15, 0.2) is 0 Å². The van der Waals surface area contributed by atoms with Gasteiger partial charge in [-0.3, -0.25) is 0 Å². The monoisotopic (exact) mass is 275 g/mol. The number of hydrogen-bond acceptors (Lipinski definition) is 4. The van der Waals surface area contributed by atoms with Gasteiger partial charge < -0.3 is 19.0 Å². The van der Waals surface area contributed by atoms with Crippen molar-refractivity contribution in [1.29, 1.82) is 0 Å². The molecule has 0 aromatic heterocycles. The molecular weight excluding hydrogens is 246 g/mol. The van der Waals surface area contributed by atoms with E-state index in [-0.39, 0.29) is 0 Å². The van der Waals surface area contributed by atoms with Crippen LogP contribution >= 0.6 is 0 Å². The highest BCUT2D eigenvalue weighted by molar-refractivity contribution is 6.59. The summed E-state index contributed by atoms with van der Waals surface area (Å²) in [7, 11) is -2.59. The molecule has 1 saturated carbocycles. The third-order valence-corrected chi connectivity index (χ3v) is 6.07. The highest BCUT2D eigenvalue weighted by Gasteiger charge is 2.44. The van der Waals surface area contributed by atoms with Crippen molar-refractivity contribution in [1.82, 2.24) is 0 Å². The van der Waals surface area contributed by atoms with Crippen LogP contribution in [-0.4, -0.2) is 27.7 Å². The molecule has 0 heterocycles. The van der Waals surface area contributed by atoms with E-state index in [0.29, 0.717) is 19.1 Å². The smallest absolute Gasteiger partial charge is 0.374 e. The van der Waals surface area contributed by atoms with Crippen molar-refractivity contribution in [3.05, 3.63) is 0 Å². The Kier molecular flexibility index (Phi) is 6.27. The molecular formula is C13H29NO3Si. The molecule has 0 amide bonds. The summed E-state index contributed by atoms with van der Waals surface area (Å²) >= 11 is 0. The minimum absolute atomic E-state index is 0.416.